The second kappa shape index (κ2) is 8.64. The highest BCUT2D eigenvalue weighted by Gasteiger charge is 2.22. The second-order valence-electron chi connectivity index (χ2n) is 9.02. The van der Waals surface area contributed by atoms with Gasteiger partial charge < -0.3 is 14.5 Å². The molecule has 8 nitrogen and oxygen atoms in total. The minimum atomic E-state index is 0.735. The number of benzene rings is 1. The molecule has 0 unspecified atom stereocenters. The molecule has 5 heterocycles. The van der Waals surface area contributed by atoms with Gasteiger partial charge in [0.1, 0.15) is 0 Å². The molecular formula is C24H29N7OS. The molecule has 33 heavy (non-hydrogen) atoms. The van der Waals surface area contributed by atoms with Crippen LogP contribution >= 0.6 is 11.3 Å². The Morgan fingerprint density at radius 2 is 1.79 bits per heavy atom. The Labute approximate surface area is 197 Å². The molecule has 0 saturated carbocycles. The zero-order valence-electron chi connectivity index (χ0n) is 19.2. The number of aryl methyl sites for hydroxylation is 1. The molecular weight excluding hydrogens is 434 g/mol. The number of piperazine rings is 1. The lowest BCUT2D eigenvalue weighted by atomic mass is 10.1. The summed E-state index contributed by atoms with van der Waals surface area (Å²) < 4.78 is 8.66. The van der Waals surface area contributed by atoms with Gasteiger partial charge in [0.25, 0.3) is 0 Å². The van der Waals surface area contributed by atoms with Crippen molar-refractivity contribution in [2.45, 2.75) is 6.54 Å². The Morgan fingerprint density at radius 3 is 2.61 bits per heavy atom. The van der Waals surface area contributed by atoms with E-state index in [1.54, 1.807) is 0 Å². The molecule has 172 valence electrons. The Bertz CT molecular complexity index is 1280. The van der Waals surface area contributed by atoms with Crippen LogP contribution in [-0.4, -0.2) is 89.1 Å². The highest BCUT2D eigenvalue weighted by molar-refractivity contribution is 7.19. The molecule has 0 aliphatic carbocycles. The van der Waals surface area contributed by atoms with Crippen molar-refractivity contribution in [1.82, 2.24) is 29.5 Å². The number of aromatic nitrogens is 4. The molecule has 9 heteroatoms. The molecule has 2 aliphatic heterocycles. The van der Waals surface area contributed by atoms with Gasteiger partial charge >= 0.3 is 0 Å². The molecule has 2 saturated heterocycles. The van der Waals surface area contributed by atoms with Crippen molar-refractivity contribution < 1.29 is 4.74 Å². The highest BCUT2D eigenvalue weighted by Crippen LogP contribution is 2.36. The Balaban J connectivity index is 1.44. The predicted octanol–water partition coefficient (Wildman–Crippen LogP) is 2.83. The fourth-order valence-electron chi connectivity index (χ4n) is 4.74. The Hall–Kier alpha value is -2.59. The van der Waals surface area contributed by atoms with Gasteiger partial charge in [-0.15, -0.1) is 11.3 Å². The lowest BCUT2D eigenvalue weighted by Crippen LogP contribution is -2.43. The van der Waals surface area contributed by atoms with E-state index in [1.807, 2.05) is 35.2 Å². The van der Waals surface area contributed by atoms with E-state index in [0.29, 0.717) is 0 Å². The average molecular weight is 464 g/mol. The van der Waals surface area contributed by atoms with E-state index in [9.17, 15) is 0 Å². The maximum Gasteiger partial charge on any atom is 0.162 e. The standard InChI is InChI=1S/C24H29N7OS/c1-28-6-8-30(9-7-28)15-17-14-21-22(33-17)24(31-10-12-32-13-11-31)26-23(25-21)18-4-3-5-20-19(18)16-29(2)27-20/h3-5,14,16H,6-13,15H2,1-2H3. The van der Waals surface area contributed by atoms with E-state index in [4.69, 9.17) is 14.7 Å². The van der Waals surface area contributed by atoms with Crippen LogP contribution in [0.5, 0.6) is 0 Å². The number of hydrogen-bond donors (Lipinski definition) is 0. The van der Waals surface area contributed by atoms with Crippen molar-refractivity contribution in [2.24, 2.45) is 7.05 Å². The number of thiophene rings is 1. The van der Waals surface area contributed by atoms with Crippen LogP contribution in [0.4, 0.5) is 5.82 Å². The van der Waals surface area contributed by atoms with Crippen molar-refractivity contribution in [3.05, 3.63) is 35.3 Å². The van der Waals surface area contributed by atoms with Crippen LogP contribution in [0.2, 0.25) is 0 Å². The molecule has 0 atom stereocenters. The Kier molecular flexibility index (Phi) is 5.49. The maximum absolute atomic E-state index is 5.62. The smallest absolute Gasteiger partial charge is 0.162 e. The van der Waals surface area contributed by atoms with Crippen LogP contribution in [0, 0.1) is 0 Å². The van der Waals surface area contributed by atoms with Gasteiger partial charge in [-0.3, -0.25) is 9.58 Å². The monoisotopic (exact) mass is 463 g/mol. The quantitative estimate of drug-likeness (QED) is 0.461. The molecule has 2 fully saturated rings. The van der Waals surface area contributed by atoms with Gasteiger partial charge in [-0.25, -0.2) is 9.97 Å². The average Bonchev–Trinajstić information content (AvgIpc) is 3.42. The van der Waals surface area contributed by atoms with Crippen LogP contribution in [-0.2, 0) is 18.3 Å². The molecule has 2 aliphatic rings. The fourth-order valence-corrected chi connectivity index (χ4v) is 5.89. The predicted molar refractivity (Wildman–Crippen MR) is 133 cm³/mol. The highest BCUT2D eigenvalue weighted by atomic mass is 32.1. The molecule has 0 N–H and O–H groups in total. The molecule has 6 rings (SSSR count). The van der Waals surface area contributed by atoms with E-state index >= 15 is 0 Å². The molecule has 3 aromatic heterocycles. The maximum atomic E-state index is 5.62. The van der Waals surface area contributed by atoms with Gasteiger partial charge in [0.2, 0.25) is 0 Å². The van der Waals surface area contributed by atoms with Crippen LogP contribution in [0.3, 0.4) is 0 Å². The molecule has 4 aromatic rings. The summed E-state index contributed by atoms with van der Waals surface area (Å²) in [6, 6.07) is 8.46. The summed E-state index contributed by atoms with van der Waals surface area (Å²) in [5.74, 6) is 1.81. The van der Waals surface area contributed by atoms with Crippen LogP contribution < -0.4 is 4.90 Å². The second-order valence-corrected chi connectivity index (χ2v) is 10.2. The minimum Gasteiger partial charge on any atom is -0.378 e. The van der Waals surface area contributed by atoms with Crippen molar-refractivity contribution in [3.63, 3.8) is 0 Å². The number of likely N-dealkylation sites (N-methyl/N-ethyl adjacent to an activating group) is 1. The summed E-state index contributed by atoms with van der Waals surface area (Å²) in [6.07, 6.45) is 2.05. The van der Waals surface area contributed by atoms with Gasteiger partial charge in [-0.2, -0.15) is 5.10 Å². The van der Waals surface area contributed by atoms with Gasteiger partial charge in [0.05, 0.1) is 28.9 Å². The summed E-state index contributed by atoms with van der Waals surface area (Å²) in [7, 11) is 4.15. The van der Waals surface area contributed by atoms with E-state index in [2.05, 4.69) is 45.2 Å². The normalized spacial score (nSPS) is 18.5. The van der Waals surface area contributed by atoms with E-state index < -0.39 is 0 Å². The van der Waals surface area contributed by atoms with Gasteiger partial charge in [0, 0.05) is 74.9 Å². The summed E-state index contributed by atoms with van der Waals surface area (Å²) in [5, 5.41) is 5.66. The van der Waals surface area contributed by atoms with Crippen molar-refractivity contribution in [2.75, 3.05) is 64.4 Å². The number of rotatable bonds is 4. The van der Waals surface area contributed by atoms with Gasteiger partial charge in [-0.05, 0) is 19.2 Å². The number of anilines is 1. The molecule has 0 radical (unpaired) electrons. The molecule has 1 aromatic carbocycles. The molecule has 0 amide bonds. The number of ether oxygens (including phenoxy) is 1. The Morgan fingerprint density at radius 1 is 0.970 bits per heavy atom. The van der Waals surface area contributed by atoms with Crippen LogP contribution in [0.25, 0.3) is 32.5 Å². The van der Waals surface area contributed by atoms with E-state index in [0.717, 1.165) is 92.7 Å². The third kappa shape index (κ3) is 4.10. The number of nitrogens with zero attached hydrogens (tertiary/aromatic N) is 7. The first kappa shape index (κ1) is 21.0. The summed E-state index contributed by atoms with van der Waals surface area (Å²) >= 11 is 1.84. The largest absolute Gasteiger partial charge is 0.378 e. The third-order valence-corrected chi connectivity index (χ3v) is 7.70. The summed E-state index contributed by atoms with van der Waals surface area (Å²) in [4.78, 5) is 18.9. The topological polar surface area (TPSA) is 62.6 Å². The molecule has 0 spiro atoms. The fraction of sp³-hybridized carbons (Fsp3) is 0.458. The number of morpholine rings is 1. The van der Waals surface area contributed by atoms with E-state index in [1.165, 1.54) is 9.58 Å². The number of fused-ring (bicyclic) bond motifs is 2. The first-order valence-corrected chi connectivity index (χ1v) is 12.4. The van der Waals surface area contributed by atoms with Gasteiger partial charge in [0.15, 0.2) is 11.6 Å². The van der Waals surface area contributed by atoms with Gasteiger partial charge in [-0.1, -0.05) is 12.1 Å². The first-order valence-electron chi connectivity index (χ1n) is 11.6. The van der Waals surface area contributed by atoms with Crippen molar-refractivity contribution >= 4 is 38.3 Å². The van der Waals surface area contributed by atoms with Crippen LogP contribution in [0.1, 0.15) is 4.88 Å². The number of hydrogen-bond acceptors (Lipinski definition) is 8. The first-order chi connectivity index (χ1) is 16.1. The summed E-state index contributed by atoms with van der Waals surface area (Å²) in [6.45, 7) is 8.64. The lowest BCUT2D eigenvalue weighted by Gasteiger charge is -2.31. The van der Waals surface area contributed by atoms with Crippen LogP contribution in [0.15, 0.2) is 30.5 Å². The van der Waals surface area contributed by atoms with Crippen molar-refractivity contribution in [1.29, 1.82) is 0 Å². The van der Waals surface area contributed by atoms with Crippen molar-refractivity contribution in [3.8, 4) is 11.4 Å². The van der Waals surface area contributed by atoms with E-state index in [-0.39, 0.29) is 0 Å². The zero-order chi connectivity index (χ0) is 22.4. The summed E-state index contributed by atoms with van der Waals surface area (Å²) in [5.41, 5.74) is 3.04. The molecule has 0 bridgehead atoms. The SMILES string of the molecule is CN1CCN(Cc2cc3nc(-c4cccc5nn(C)cc45)nc(N4CCOCC4)c3s2)CC1. The zero-order valence-corrected chi connectivity index (χ0v) is 20.0. The third-order valence-electron chi connectivity index (χ3n) is 6.60. The minimum absolute atomic E-state index is 0.735. The lowest BCUT2D eigenvalue weighted by molar-refractivity contribution is 0.122.